The summed E-state index contributed by atoms with van der Waals surface area (Å²) in [4.78, 5) is 0. The molecule has 0 N–H and O–H groups in total. The number of rotatable bonds is 5. The molecular weight excluding hydrogens is 188 g/mol. The number of hydrogen-bond acceptors (Lipinski definition) is 2. The normalized spacial score (nSPS) is 23.3. The quantitative estimate of drug-likeness (QED) is 0.694. The van der Waals surface area contributed by atoms with Gasteiger partial charge in [0.1, 0.15) is 0 Å². The molecule has 0 aromatic carbocycles. The van der Waals surface area contributed by atoms with E-state index in [1.54, 1.807) is 7.11 Å². The van der Waals surface area contributed by atoms with Crippen LogP contribution in [-0.2, 0) is 9.47 Å². The topological polar surface area (TPSA) is 18.5 Å². The van der Waals surface area contributed by atoms with Crippen molar-refractivity contribution in [1.82, 2.24) is 0 Å². The average Bonchev–Trinajstić information content (AvgIpc) is 2.22. The molecule has 0 saturated heterocycles. The van der Waals surface area contributed by atoms with Crippen LogP contribution in [0.15, 0.2) is 23.3 Å². The molecule has 0 fully saturated rings. The maximum Gasteiger partial charge on any atom is 0.0822 e. The van der Waals surface area contributed by atoms with Gasteiger partial charge in [-0.3, -0.25) is 0 Å². The summed E-state index contributed by atoms with van der Waals surface area (Å²) in [5, 5.41) is 0. The molecule has 0 amide bonds. The number of allylic oxidation sites excluding steroid dienone is 2. The van der Waals surface area contributed by atoms with Crippen LogP contribution in [0.4, 0.5) is 0 Å². The fourth-order valence-corrected chi connectivity index (χ4v) is 1.90. The van der Waals surface area contributed by atoms with Gasteiger partial charge in [-0.15, -0.1) is 0 Å². The van der Waals surface area contributed by atoms with Crippen LogP contribution in [0.1, 0.15) is 27.2 Å². The van der Waals surface area contributed by atoms with Gasteiger partial charge in [-0.25, -0.2) is 0 Å². The second-order valence-electron chi connectivity index (χ2n) is 4.16. The van der Waals surface area contributed by atoms with E-state index in [1.807, 2.05) is 6.92 Å². The van der Waals surface area contributed by atoms with Crippen LogP contribution in [0, 0.1) is 5.92 Å². The van der Waals surface area contributed by atoms with Gasteiger partial charge >= 0.3 is 0 Å². The third-order valence-corrected chi connectivity index (χ3v) is 2.91. The molecule has 2 heteroatoms. The van der Waals surface area contributed by atoms with E-state index in [1.165, 1.54) is 11.1 Å². The Balaban J connectivity index is 2.61. The molecule has 0 saturated carbocycles. The molecule has 0 heterocycles. The van der Waals surface area contributed by atoms with Crippen molar-refractivity contribution in [2.75, 3.05) is 20.3 Å². The van der Waals surface area contributed by atoms with Crippen LogP contribution in [0.2, 0.25) is 0 Å². The van der Waals surface area contributed by atoms with Gasteiger partial charge < -0.3 is 9.47 Å². The Labute approximate surface area is 93.0 Å². The van der Waals surface area contributed by atoms with Crippen LogP contribution >= 0.6 is 0 Å². The van der Waals surface area contributed by atoms with E-state index in [0.717, 1.165) is 19.6 Å². The minimum atomic E-state index is 0.273. The molecular formula is C13H22O2. The lowest BCUT2D eigenvalue weighted by Crippen LogP contribution is -2.21. The van der Waals surface area contributed by atoms with Crippen molar-refractivity contribution in [2.45, 2.75) is 33.3 Å². The van der Waals surface area contributed by atoms with E-state index in [0.29, 0.717) is 5.92 Å². The minimum absolute atomic E-state index is 0.273. The highest BCUT2D eigenvalue weighted by Gasteiger charge is 2.19. The van der Waals surface area contributed by atoms with E-state index in [2.05, 4.69) is 26.0 Å². The summed E-state index contributed by atoms with van der Waals surface area (Å²) < 4.78 is 10.9. The van der Waals surface area contributed by atoms with Crippen LogP contribution in [-0.4, -0.2) is 26.4 Å². The van der Waals surface area contributed by atoms with Crippen molar-refractivity contribution in [2.24, 2.45) is 5.92 Å². The number of methoxy groups -OCH3 is 1. The molecule has 1 aliphatic carbocycles. The summed E-state index contributed by atoms with van der Waals surface area (Å²) in [6.45, 7) is 7.95. The lowest BCUT2D eigenvalue weighted by Gasteiger charge is -2.25. The average molecular weight is 210 g/mol. The Morgan fingerprint density at radius 1 is 1.47 bits per heavy atom. The monoisotopic (exact) mass is 210 g/mol. The van der Waals surface area contributed by atoms with Crippen molar-refractivity contribution in [3.63, 3.8) is 0 Å². The molecule has 86 valence electrons. The zero-order valence-electron chi connectivity index (χ0n) is 10.2. The Kier molecular flexibility index (Phi) is 5.06. The minimum Gasteiger partial charge on any atom is -0.384 e. The van der Waals surface area contributed by atoms with Gasteiger partial charge in [-0.05, 0) is 25.8 Å². The van der Waals surface area contributed by atoms with E-state index < -0.39 is 0 Å². The van der Waals surface area contributed by atoms with Crippen molar-refractivity contribution >= 4 is 0 Å². The maximum atomic E-state index is 5.70. The van der Waals surface area contributed by atoms with Gasteiger partial charge in [-0.1, -0.05) is 24.6 Å². The fraction of sp³-hybridized carbons (Fsp3) is 0.692. The second-order valence-corrected chi connectivity index (χ2v) is 4.16. The third kappa shape index (κ3) is 3.47. The van der Waals surface area contributed by atoms with Gasteiger partial charge in [0.15, 0.2) is 0 Å². The zero-order valence-corrected chi connectivity index (χ0v) is 10.2. The highest BCUT2D eigenvalue weighted by molar-refractivity contribution is 5.27. The molecule has 0 aromatic rings. The lowest BCUT2D eigenvalue weighted by molar-refractivity contribution is 0.0832. The summed E-state index contributed by atoms with van der Waals surface area (Å²) in [6, 6.07) is 0. The Hall–Kier alpha value is -0.600. The molecule has 0 aromatic heterocycles. The molecule has 1 aliphatic rings. The van der Waals surface area contributed by atoms with Crippen LogP contribution in [0.3, 0.4) is 0 Å². The van der Waals surface area contributed by atoms with Gasteiger partial charge in [0.05, 0.1) is 12.7 Å². The number of ether oxygens (including phenoxy) is 2. The van der Waals surface area contributed by atoms with E-state index in [4.69, 9.17) is 9.47 Å². The predicted octanol–water partition coefficient (Wildman–Crippen LogP) is 2.95. The molecule has 2 unspecified atom stereocenters. The van der Waals surface area contributed by atoms with Crippen molar-refractivity contribution in [3.05, 3.63) is 23.3 Å². The summed E-state index contributed by atoms with van der Waals surface area (Å²) >= 11 is 0. The Morgan fingerprint density at radius 2 is 2.20 bits per heavy atom. The van der Waals surface area contributed by atoms with E-state index >= 15 is 0 Å². The van der Waals surface area contributed by atoms with Gasteiger partial charge in [0.25, 0.3) is 0 Å². The number of hydrogen-bond donors (Lipinski definition) is 0. The van der Waals surface area contributed by atoms with Crippen molar-refractivity contribution in [1.29, 1.82) is 0 Å². The van der Waals surface area contributed by atoms with Crippen molar-refractivity contribution in [3.8, 4) is 0 Å². The van der Waals surface area contributed by atoms with E-state index in [9.17, 15) is 0 Å². The van der Waals surface area contributed by atoms with Crippen LogP contribution < -0.4 is 0 Å². The second kappa shape index (κ2) is 6.09. The fourth-order valence-electron chi connectivity index (χ4n) is 1.90. The summed E-state index contributed by atoms with van der Waals surface area (Å²) in [5.74, 6) is 0.488. The maximum absolute atomic E-state index is 5.70. The van der Waals surface area contributed by atoms with Crippen molar-refractivity contribution < 1.29 is 9.47 Å². The highest BCUT2D eigenvalue weighted by Crippen LogP contribution is 2.26. The molecule has 0 aliphatic heterocycles. The first-order valence-corrected chi connectivity index (χ1v) is 5.66. The molecule has 0 bridgehead atoms. The van der Waals surface area contributed by atoms with Crippen LogP contribution in [0.5, 0.6) is 0 Å². The zero-order chi connectivity index (χ0) is 11.3. The van der Waals surface area contributed by atoms with Gasteiger partial charge in [-0.2, -0.15) is 0 Å². The first kappa shape index (κ1) is 12.5. The highest BCUT2D eigenvalue weighted by atomic mass is 16.5. The molecule has 2 nitrogen and oxygen atoms in total. The summed E-state index contributed by atoms with van der Waals surface area (Å²) in [6.07, 6.45) is 5.68. The Morgan fingerprint density at radius 3 is 2.80 bits per heavy atom. The smallest absolute Gasteiger partial charge is 0.0822 e. The third-order valence-electron chi connectivity index (χ3n) is 2.91. The largest absolute Gasteiger partial charge is 0.384 e. The molecule has 0 radical (unpaired) electrons. The van der Waals surface area contributed by atoms with Gasteiger partial charge in [0, 0.05) is 19.6 Å². The molecule has 0 spiro atoms. The summed E-state index contributed by atoms with van der Waals surface area (Å²) in [5.41, 5.74) is 2.76. The molecule has 15 heavy (non-hydrogen) atoms. The van der Waals surface area contributed by atoms with Crippen LogP contribution in [0.25, 0.3) is 0 Å². The Bertz CT molecular complexity index is 253. The molecule has 2 atom stereocenters. The first-order valence-electron chi connectivity index (χ1n) is 5.66. The van der Waals surface area contributed by atoms with E-state index in [-0.39, 0.29) is 6.10 Å². The first-order chi connectivity index (χ1) is 7.19. The predicted molar refractivity (Wildman–Crippen MR) is 62.9 cm³/mol. The summed E-state index contributed by atoms with van der Waals surface area (Å²) in [7, 11) is 1.75. The SMILES string of the molecule is CCOC1CC(C(C)COC)=CC=C1C. The lowest BCUT2D eigenvalue weighted by atomic mass is 9.89. The standard InChI is InChI=1S/C13H22O2/c1-5-15-13-8-12(7-6-10(13)2)11(3)9-14-4/h6-7,11,13H,5,8-9H2,1-4H3. The van der Waals surface area contributed by atoms with Gasteiger partial charge in [0.2, 0.25) is 0 Å². The molecule has 1 rings (SSSR count).